The fourth-order valence-electron chi connectivity index (χ4n) is 5.49. The largest absolute Gasteiger partial charge is 0.370 e. The minimum Gasteiger partial charge on any atom is -0.370 e. The van der Waals surface area contributed by atoms with Crippen LogP contribution in [0, 0.1) is 11.3 Å². The van der Waals surface area contributed by atoms with E-state index in [-0.39, 0.29) is 17.6 Å². The van der Waals surface area contributed by atoms with Crippen LogP contribution >= 0.6 is 0 Å². The van der Waals surface area contributed by atoms with Crippen molar-refractivity contribution in [1.29, 1.82) is 0 Å². The lowest BCUT2D eigenvalue weighted by atomic mass is 9.68. The number of para-hydroxylation sites is 1. The summed E-state index contributed by atoms with van der Waals surface area (Å²) >= 11 is 0. The van der Waals surface area contributed by atoms with Gasteiger partial charge in [0.1, 0.15) is 6.04 Å². The van der Waals surface area contributed by atoms with E-state index < -0.39 is 6.04 Å². The molecule has 1 saturated heterocycles. The van der Waals surface area contributed by atoms with Crippen LogP contribution in [0.2, 0.25) is 0 Å². The number of amides is 1. The fraction of sp³-hybridized carbons (Fsp3) is 0.625. The van der Waals surface area contributed by atoms with Crippen LogP contribution in [0.25, 0.3) is 0 Å². The van der Waals surface area contributed by atoms with Crippen LogP contribution in [-0.4, -0.2) is 48.0 Å². The number of aliphatic imine (C=N–C) groups is 1. The van der Waals surface area contributed by atoms with Crippen LogP contribution in [0.1, 0.15) is 63.4 Å². The quantitative estimate of drug-likeness (QED) is 0.845. The number of ketones is 1. The standard InChI is InChI=1S/C24H31N3O2/c28-20(16-27-14-12-24(13-15-27)10-4-1-5-11-24)26-21-18-6-2-3-7-19(18)25-22(21)23(29)17-8-9-17/h2-3,6-7,17,22,25H,1,4-5,8-16H2. The Labute approximate surface area is 173 Å². The molecule has 1 amide bonds. The van der Waals surface area contributed by atoms with Crippen LogP contribution in [0.3, 0.4) is 0 Å². The van der Waals surface area contributed by atoms with Gasteiger partial charge in [-0.2, -0.15) is 0 Å². The number of carbonyl (C=O) groups excluding carboxylic acids is 2. The number of anilines is 1. The highest BCUT2D eigenvalue weighted by Gasteiger charge is 2.41. The number of rotatable bonds is 4. The molecule has 1 aromatic carbocycles. The van der Waals surface area contributed by atoms with Crippen LogP contribution in [-0.2, 0) is 9.59 Å². The first-order chi connectivity index (χ1) is 14.1. The average molecular weight is 394 g/mol. The van der Waals surface area contributed by atoms with Crippen molar-refractivity contribution in [2.45, 2.75) is 63.8 Å². The molecule has 5 nitrogen and oxygen atoms in total. The third-order valence-corrected chi connectivity index (χ3v) is 7.48. The number of carbonyl (C=O) groups is 2. The Morgan fingerprint density at radius 2 is 1.76 bits per heavy atom. The summed E-state index contributed by atoms with van der Waals surface area (Å²) in [6.07, 6.45) is 11.2. The molecule has 2 aliphatic carbocycles. The van der Waals surface area contributed by atoms with Crippen molar-refractivity contribution in [2.24, 2.45) is 16.3 Å². The lowest BCUT2D eigenvalue weighted by molar-refractivity contribution is -0.119. The summed E-state index contributed by atoms with van der Waals surface area (Å²) < 4.78 is 0. The van der Waals surface area contributed by atoms with Gasteiger partial charge in [0, 0.05) is 17.2 Å². The smallest absolute Gasteiger partial charge is 0.260 e. The zero-order valence-electron chi connectivity index (χ0n) is 17.2. The second-order valence-electron chi connectivity index (χ2n) is 9.53. The summed E-state index contributed by atoms with van der Waals surface area (Å²) in [6, 6.07) is 7.35. The van der Waals surface area contributed by atoms with Gasteiger partial charge in [-0.15, -0.1) is 0 Å². The van der Waals surface area contributed by atoms with Crippen LogP contribution in [0.5, 0.6) is 0 Å². The number of hydrogen-bond acceptors (Lipinski definition) is 4. The second-order valence-corrected chi connectivity index (χ2v) is 9.53. The summed E-state index contributed by atoms with van der Waals surface area (Å²) in [5.41, 5.74) is 2.98. The highest BCUT2D eigenvalue weighted by molar-refractivity contribution is 6.27. The number of piperidine rings is 1. The van der Waals surface area contributed by atoms with E-state index in [4.69, 9.17) is 0 Å². The first-order valence-corrected chi connectivity index (χ1v) is 11.4. The molecule has 1 spiro atoms. The molecule has 4 aliphatic rings. The first-order valence-electron chi connectivity index (χ1n) is 11.4. The Bertz CT molecular complexity index is 826. The van der Waals surface area contributed by atoms with Gasteiger partial charge >= 0.3 is 0 Å². The predicted molar refractivity (Wildman–Crippen MR) is 114 cm³/mol. The fourth-order valence-corrected chi connectivity index (χ4v) is 5.49. The highest BCUT2D eigenvalue weighted by atomic mass is 16.1. The van der Waals surface area contributed by atoms with Gasteiger partial charge in [-0.25, -0.2) is 4.99 Å². The summed E-state index contributed by atoms with van der Waals surface area (Å²) in [4.78, 5) is 32.3. The molecule has 5 heteroatoms. The Morgan fingerprint density at radius 3 is 2.48 bits per heavy atom. The zero-order chi connectivity index (χ0) is 19.8. The molecule has 1 unspecified atom stereocenters. The molecule has 1 atom stereocenters. The molecule has 1 aromatic rings. The van der Waals surface area contributed by atoms with E-state index in [2.05, 4.69) is 15.2 Å². The minimum absolute atomic E-state index is 0.119. The maximum absolute atomic E-state index is 12.8. The van der Waals surface area contributed by atoms with Crippen molar-refractivity contribution < 1.29 is 9.59 Å². The average Bonchev–Trinajstić information content (AvgIpc) is 3.53. The summed E-state index contributed by atoms with van der Waals surface area (Å²) in [5.74, 6) is 0.201. The number of benzene rings is 1. The van der Waals surface area contributed by atoms with Crippen LogP contribution < -0.4 is 5.32 Å². The van der Waals surface area contributed by atoms with E-state index in [0.29, 0.717) is 17.7 Å². The zero-order valence-corrected chi connectivity index (χ0v) is 17.2. The number of hydrogen-bond donors (Lipinski definition) is 1. The second kappa shape index (κ2) is 7.67. The van der Waals surface area contributed by atoms with E-state index >= 15 is 0 Å². The molecule has 154 valence electrons. The van der Waals surface area contributed by atoms with Crippen LogP contribution in [0.4, 0.5) is 5.69 Å². The molecule has 0 radical (unpaired) electrons. The molecule has 2 aliphatic heterocycles. The van der Waals surface area contributed by atoms with Crippen molar-refractivity contribution >= 4 is 23.1 Å². The van der Waals surface area contributed by atoms with E-state index in [9.17, 15) is 9.59 Å². The maximum Gasteiger partial charge on any atom is 0.260 e. The highest BCUT2D eigenvalue weighted by Crippen LogP contribution is 2.44. The van der Waals surface area contributed by atoms with Gasteiger partial charge in [-0.3, -0.25) is 14.5 Å². The number of fused-ring (bicyclic) bond motifs is 1. The molecule has 5 rings (SSSR count). The molecule has 0 bridgehead atoms. The van der Waals surface area contributed by atoms with Gasteiger partial charge in [0.15, 0.2) is 5.78 Å². The van der Waals surface area contributed by atoms with Gasteiger partial charge in [-0.05, 0) is 63.1 Å². The van der Waals surface area contributed by atoms with Crippen molar-refractivity contribution in [1.82, 2.24) is 4.90 Å². The molecule has 1 N–H and O–H groups in total. The Balaban J connectivity index is 1.27. The Kier molecular flexibility index (Phi) is 5.02. The maximum atomic E-state index is 12.8. The number of Topliss-reactive ketones (excluding diaryl/α,β-unsaturated/α-hetero) is 1. The van der Waals surface area contributed by atoms with E-state index in [1.165, 1.54) is 44.9 Å². The Hall–Kier alpha value is -2.01. The van der Waals surface area contributed by atoms with Gasteiger partial charge < -0.3 is 5.32 Å². The minimum atomic E-state index is -0.462. The van der Waals surface area contributed by atoms with Crippen molar-refractivity contribution in [3.63, 3.8) is 0 Å². The van der Waals surface area contributed by atoms with Gasteiger partial charge in [-0.1, -0.05) is 37.5 Å². The van der Waals surface area contributed by atoms with E-state index in [0.717, 1.165) is 37.2 Å². The molecule has 2 saturated carbocycles. The molecule has 0 aromatic heterocycles. The molecule has 3 fully saturated rings. The lowest BCUT2D eigenvalue weighted by Crippen LogP contribution is -2.43. The normalized spacial score (nSPS) is 27.6. The summed E-state index contributed by atoms with van der Waals surface area (Å²) in [7, 11) is 0. The number of likely N-dealkylation sites (tertiary alicyclic amines) is 1. The number of nitrogens with one attached hydrogen (secondary N) is 1. The predicted octanol–water partition coefficient (Wildman–Crippen LogP) is 3.82. The molecule has 2 heterocycles. The van der Waals surface area contributed by atoms with Crippen molar-refractivity contribution in [3.05, 3.63) is 29.8 Å². The lowest BCUT2D eigenvalue weighted by Gasteiger charge is -2.44. The molecular weight excluding hydrogens is 362 g/mol. The summed E-state index contributed by atoms with van der Waals surface area (Å²) in [5, 5.41) is 3.31. The van der Waals surface area contributed by atoms with Crippen molar-refractivity contribution in [2.75, 3.05) is 25.0 Å². The SMILES string of the molecule is O=C(CN1CCC2(CCCCC2)CC1)N=C1c2ccccc2NC1C(=O)C1CC1. The van der Waals surface area contributed by atoms with E-state index in [1.807, 2.05) is 24.3 Å². The summed E-state index contributed by atoms with van der Waals surface area (Å²) in [6.45, 7) is 2.36. The van der Waals surface area contributed by atoms with Gasteiger partial charge in [0.25, 0.3) is 5.91 Å². The third-order valence-electron chi connectivity index (χ3n) is 7.48. The first kappa shape index (κ1) is 19.0. The van der Waals surface area contributed by atoms with Crippen LogP contribution in [0.15, 0.2) is 29.3 Å². The topological polar surface area (TPSA) is 61.8 Å². The molecular formula is C24H31N3O2. The number of nitrogens with zero attached hydrogens (tertiary/aromatic N) is 2. The monoisotopic (exact) mass is 393 g/mol. The van der Waals surface area contributed by atoms with Gasteiger partial charge in [0.05, 0.1) is 12.3 Å². The van der Waals surface area contributed by atoms with Gasteiger partial charge in [0.2, 0.25) is 0 Å². The van der Waals surface area contributed by atoms with E-state index in [1.54, 1.807) is 0 Å². The van der Waals surface area contributed by atoms with Crippen molar-refractivity contribution in [3.8, 4) is 0 Å². The third kappa shape index (κ3) is 3.89. The molecule has 29 heavy (non-hydrogen) atoms. The Morgan fingerprint density at radius 1 is 1.03 bits per heavy atom.